The minimum Gasteiger partial charge on any atom is -0.489 e. The Hall–Kier alpha value is -2.70. The zero-order valence-corrected chi connectivity index (χ0v) is 13.8. The molecule has 0 heterocycles. The van der Waals surface area contributed by atoms with Crippen LogP contribution in [0.2, 0.25) is 0 Å². The molecule has 2 aromatic carbocycles. The van der Waals surface area contributed by atoms with Crippen LogP contribution < -0.4 is 10.1 Å². The molecule has 4 nitrogen and oxygen atoms in total. The number of amides is 1. The second kappa shape index (κ2) is 8.41. The molecule has 2 rings (SSSR count). The molecule has 0 radical (unpaired) electrons. The van der Waals surface area contributed by atoms with Gasteiger partial charge in [0.25, 0.3) is 0 Å². The van der Waals surface area contributed by atoms with Gasteiger partial charge in [-0.15, -0.1) is 0 Å². The van der Waals surface area contributed by atoms with Gasteiger partial charge in [-0.25, -0.2) is 9.18 Å². The zero-order chi connectivity index (χ0) is 18.4. The second-order valence-electron chi connectivity index (χ2n) is 5.33. The molecule has 1 amide bonds. The van der Waals surface area contributed by atoms with E-state index in [4.69, 9.17) is 4.74 Å². The van der Waals surface area contributed by atoms with Crippen LogP contribution in [0.25, 0.3) is 0 Å². The van der Waals surface area contributed by atoms with Crippen LogP contribution in [-0.4, -0.2) is 12.7 Å². The molecule has 0 bridgehead atoms. The normalized spacial score (nSPS) is 10.6. The molecule has 0 unspecified atom stereocenters. The number of hydrogen-bond donors (Lipinski definition) is 1. The van der Waals surface area contributed by atoms with Crippen LogP contribution in [0.5, 0.6) is 5.75 Å². The smallest absolute Gasteiger partial charge is 0.416 e. The highest BCUT2D eigenvalue weighted by molar-refractivity contribution is 5.85. The van der Waals surface area contributed by atoms with Gasteiger partial charge in [-0.1, -0.05) is 19.1 Å². The van der Waals surface area contributed by atoms with Gasteiger partial charge in [0.05, 0.1) is 5.69 Å². The Labute approximate surface area is 143 Å². The maximum Gasteiger partial charge on any atom is 0.416 e. The molecule has 2 aromatic rings. The fraction of sp³-hybridized carbons (Fsp3) is 0.278. The molecule has 25 heavy (non-hydrogen) atoms. The molecule has 134 valence electrons. The zero-order valence-electron chi connectivity index (χ0n) is 13.8. The number of nitrogens with one attached hydrogen (secondary N) is 1. The summed E-state index contributed by atoms with van der Waals surface area (Å²) in [6.45, 7) is 0.645. The van der Waals surface area contributed by atoms with Crippen molar-refractivity contribution in [1.82, 2.24) is 0 Å². The summed E-state index contributed by atoms with van der Waals surface area (Å²) in [6.07, 6.45) is -0.433. The van der Waals surface area contributed by atoms with Gasteiger partial charge in [0.1, 0.15) is 18.2 Å². The molecule has 0 saturated heterocycles. The Morgan fingerprint density at radius 3 is 2.60 bits per heavy atom. The molecule has 0 fully saturated rings. The van der Waals surface area contributed by atoms with Gasteiger partial charge in [0.15, 0.2) is 0 Å². The predicted octanol–water partition coefficient (Wildman–Crippen LogP) is 5.05. The number of ether oxygens (including phenoxy) is 2. The van der Waals surface area contributed by atoms with E-state index in [0.717, 1.165) is 29.7 Å². The van der Waals surface area contributed by atoms with Crippen LogP contribution in [0.15, 0.2) is 36.4 Å². The summed E-state index contributed by atoms with van der Waals surface area (Å²) in [5.41, 5.74) is 2.51. The average Bonchev–Trinajstić information content (AvgIpc) is 2.55. The first-order valence-corrected chi connectivity index (χ1v) is 7.65. The molecule has 0 aliphatic heterocycles. The predicted molar refractivity (Wildman–Crippen MR) is 87.4 cm³/mol. The summed E-state index contributed by atoms with van der Waals surface area (Å²) in [4.78, 5) is 11.3. The monoisotopic (exact) mass is 353 g/mol. The van der Waals surface area contributed by atoms with Gasteiger partial charge < -0.3 is 9.47 Å². The van der Waals surface area contributed by atoms with Crippen molar-refractivity contribution in [3.8, 4) is 5.75 Å². The van der Waals surface area contributed by atoms with Crippen LogP contribution >= 0.6 is 0 Å². The number of aryl methyl sites for hydroxylation is 2. The van der Waals surface area contributed by atoms with Gasteiger partial charge in [0.2, 0.25) is 0 Å². The van der Waals surface area contributed by atoms with Crippen LogP contribution in [0.1, 0.15) is 23.6 Å². The van der Waals surface area contributed by atoms with Crippen molar-refractivity contribution in [2.75, 3.05) is 5.32 Å². The summed E-state index contributed by atoms with van der Waals surface area (Å²) < 4.78 is 47.0. The van der Waals surface area contributed by atoms with Crippen molar-refractivity contribution in [3.05, 3.63) is 58.9 Å². The molecule has 0 aromatic heterocycles. The van der Waals surface area contributed by atoms with Crippen LogP contribution in [0, 0.1) is 12.7 Å². The third kappa shape index (κ3) is 5.41. The van der Waals surface area contributed by atoms with Gasteiger partial charge in [0, 0.05) is 5.56 Å². The Morgan fingerprint density at radius 2 is 1.96 bits per heavy atom. The van der Waals surface area contributed by atoms with E-state index in [0.29, 0.717) is 11.3 Å². The van der Waals surface area contributed by atoms with Crippen LogP contribution in [0.3, 0.4) is 0 Å². The third-order valence-corrected chi connectivity index (χ3v) is 3.53. The molecule has 7 heteroatoms. The minimum atomic E-state index is -3.24. The molecule has 0 spiro atoms. The molecular formula is C18H18F3NO3. The number of carbonyl (C=O) groups excluding carboxylic acids is 1. The van der Waals surface area contributed by atoms with Gasteiger partial charge in [-0.3, -0.25) is 5.32 Å². The van der Waals surface area contributed by atoms with E-state index < -0.39 is 18.5 Å². The van der Waals surface area contributed by atoms with Crippen LogP contribution in [0.4, 0.5) is 23.7 Å². The van der Waals surface area contributed by atoms with E-state index in [1.165, 1.54) is 6.07 Å². The SMILES string of the molecule is CCc1ccc(OCc2cc(F)ccc2NC(=O)OC(F)F)c(C)c1. The van der Waals surface area contributed by atoms with Crippen molar-refractivity contribution >= 4 is 11.8 Å². The fourth-order valence-corrected chi connectivity index (χ4v) is 2.27. The first-order chi connectivity index (χ1) is 11.9. The summed E-state index contributed by atoms with van der Waals surface area (Å²) in [5.74, 6) is 0.0759. The van der Waals surface area contributed by atoms with E-state index in [-0.39, 0.29) is 12.3 Å². The summed E-state index contributed by atoms with van der Waals surface area (Å²) in [7, 11) is 0. The number of alkyl halides is 2. The summed E-state index contributed by atoms with van der Waals surface area (Å²) >= 11 is 0. The molecular weight excluding hydrogens is 335 g/mol. The van der Waals surface area contributed by atoms with Gasteiger partial charge in [-0.05, 0) is 48.7 Å². The number of anilines is 1. The van der Waals surface area contributed by atoms with E-state index >= 15 is 0 Å². The van der Waals surface area contributed by atoms with Gasteiger partial charge in [-0.2, -0.15) is 8.78 Å². The lowest BCUT2D eigenvalue weighted by atomic mass is 10.1. The highest BCUT2D eigenvalue weighted by atomic mass is 19.3. The lowest BCUT2D eigenvalue weighted by Crippen LogP contribution is -2.18. The summed E-state index contributed by atoms with van der Waals surface area (Å²) in [6, 6.07) is 9.24. The van der Waals surface area contributed by atoms with Crippen molar-refractivity contribution in [3.63, 3.8) is 0 Å². The third-order valence-electron chi connectivity index (χ3n) is 3.53. The lowest BCUT2D eigenvalue weighted by Gasteiger charge is -2.14. The fourth-order valence-electron chi connectivity index (χ4n) is 2.27. The van der Waals surface area contributed by atoms with E-state index in [1.807, 2.05) is 32.0 Å². The first-order valence-electron chi connectivity index (χ1n) is 7.65. The van der Waals surface area contributed by atoms with E-state index in [9.17, 15) is 18.0 Å². The molecule has 0 atom stereocenters. The molecule has 1 N–H and O–H groups in total. The van der Waals surface area contributed by atoms with Crippen molar-refractivity contribution in [2.45, 2.75) is 33.5 Å². The molecule has 0 aliphatic carbocycles. The van der Waals surface area contributed by atoms with Crippen molar-refractivity contribution in [2.24, 2.45) is 0 Å². The topological polar surface area (TPSA) is 47.6 Å². The largest absolute Gasteiger partial charge is 0.489 e. The van der Waals surface area contributed by atoms with Crippen LogP contribution in [-0.2, 0) is 17.8 Å². The highest BCUT2D eigenvalue weighted by Crippen LogP contribution is 2.24. The Kier molecular flexibility index (Phi) is 6.27. The van der Waals surface area contributed by atoms with E-state index in [1.54, 1.807) is 0 Å². The van der Waals surface area contributed by atoms with E-state index in [2.05, 4.69) is 10.1 Å². The standard InChI is InChI=1S/C18H18F3NO3/c1-3-12-4-7-16(11(2)8-12)24-10-13-9-14(19)5-6-15(13)22-18(23)25-17(20)21/h4-9,17H,3,10H2,1-2H3,(H,22,23). The Bertz CT molecular complexity index is 750. The lowest BCUT2D eigenvalue weighted by molar-refractivity contribution is -0.0766. The van der Waals surface area contributed by atoms with Gasteiger partial charge >= 0.3 is 12.7 Å². The van der Waals surface area contributed by atoms with Crippen molar-refractivity contribution < 1.29 is 27.4 Å². The molecule has 0 saturated carbocycles. The molecule has 0 aliphatic rings. The second-order valence-corrected chi connectivity index (χ2v) is 5.33. The maximum absolute atomic E-state index is 13.5. The maximum atomic E-state index is 13.5. The number of halogens is 3. The Morgan fingerprint density at radius 1 is 1.20 bits per heavy atom. The Balaban J connectivity index is 2.13. The number of hydrogen-bond acceptors (Lipinski definition) is 3. The number of benzene rings is 2. The quantitative estimate of drug-likeness (QED) is 0.791. The summed E-state index contributed by atoms with van der Waals surface area (Å²) in [5, 5.41) is 2.15. The first kappa shape index (κ1) is 18.6. The number of carbonyl (C=O) groups is 1. The number of rotatable bonds is 6. The minimum absolute atomic E-state index is 0.0473. The average molecular weight is 353 g/mol. The van der Waals surface area contributed by atoms with Crippen molar-refractivity contribution in [1.29, 1.82) is 0 Å². The highest BCUT2D eigenvalue weighted by Gasteiger charge is 2.14.